The van der Waals surface area contributed by atoms with Gasteiger partial charge in [0.05, 0.1) is 10.5 Å². The predicted octanol–water partition coefficient (Wildman–Crippen LogP) is 3.52. The summed E-state index contributed by atoms with van der Waals surface area (Å²) < 4.78 is 0. The van der Waals surface area contributed by atoms with Gasteiger partial charge in [0.2, 0.25) is 0 Å². The molecule has 0 spiro atoms. The van der Waals surface area contributed by atoms with Crippen molar-refractivity contribution in [2.24, 2.45) is 11.7 Å². The van der Waals surface area contributed by atoms with Crippen molar-refractivity contribution < 1.29 is 4.92 Å². The van der Waals surface area contributed by atoms with Crippen molar-refractivity contribution in [3.05, 3.63) is 45.5 Å². The molecule has 2 N–H and O–H groups in total. The summed E-state index contributed by atoms with van der Waals surface area (Å²) in [6.45, 7) is 0.483. The molecule has 1 fully saturated rings. The molecule has 1 saturated carbocycles. The zero-order valence-corrected chi connectivity index (χ0v) is 11.0. The van der Waals surface area contributed by atoms with Crippen molar-refractivity contribution in [3.63, 3.8) is 0 Å². The molecule has 1 aromatic carbocycles. The Hall–Kier alpha value is -1.68. The van der Waals surface area contributed by atoms with Crippen LogP contribution in [0.4, 0.5) is 5.69 Å². The lowest BCUT2D eigenvalue weighted by Gasteiger charge is -2.23. The van der Waals surface area contributed by atoms with Crippen molar-refractivity contribution in [2.75, 3.05) is 6.54 Å². The quantitative estimate of drug-likeness (QED) is 0.665. The molecule has 0 saturated heterocycles. The fourth-order valence-corrected chi connectivity index (χ4v) is 2.79. The molecule has 4 heteroatoms. The highest BCUT2D eigenvalue weighted by Gasteiger charge is 2.18. The average Bonchev–Trinajstić information content (AvgIpc) is 2.46. The lowest BCUT2D eigenvalue weighted by molar-refractivity contribution is -0.385. The Morgan fingerprint density at radius 2 is 2.00 bits per heavy atom. The van der Waals surface area contributed by atoms with Crippen LogP contribution in [0.15, 0.2) is 29.8 Å². The maximum Gasteiger partial charge on any atom is 0.276 e. The summed E-state index contributed by atoms with van der Waals surface area (Å²) in [5, 5.41) is 11.0. The zero-order chi connectivity index (χ0) is 13.7. The van der Waals surface area contributed by atoms with Crippen LogP contribution in [-0.2, 0) is 0 Å². The number of nitro benzene ring substituents is 1. The van der Waals surface area contributed by atoms with Crippen LogP contribution in [-0.4, -0.2) is 11.5 Å². The van der Waals surface area contributed by atoms with Crippen LogP contribution < -0.4 is 5.73 Å². The third kappa shape index (κ3) is 3.41. The first-order chi connectivity index (χ1) is 9.22. The Morgan fingerprint density at radius 3 is 2.63 bits per heavy atom. The Kier molecular flexibility index (Phi) is 4.68. The van der Waals surface area contributed by atoms with E-state index in [-0.39, 0.29) is 10.6 Å². The van der Waals surface area contributed by atoms with Crippen molar-refractivity contribution in [1.29, 1.82) is 0 Å². The molecule has 1 aromatic rings. The number of nitro groups is 1. The summed E-state index contributed by atoms with van der Waals surface area (Å²) in [5.74, 6) is 0.499. The van der Waals surface area contributed by atoms with Crippen LogP contribution in [0.5, 0.6) is 0 Å². The van der Waals surface area contributed by atoms with Gasteiger partial charge in [-0.15, -0.1) is 0 Å². The second-order valence-electron chi connectivity index (χ2n) is 5.07. The highest BCUT2D eigenvalue weighted by molar-refractivity contribution is 5.63. The predicted molar refractivity (Wildman–Crippen MR) is 76.7 cm³/mol. The molecule has 0 aliphatic heterocycles. The molecule has 0 amide bonds. The van der Waals surface area contributed by atoms with Gasteiger partial charge in [-0.05, 0) is 30.9 Å². The fourth-order valence-electron chi connectivity index (χ4n) is 2.79. The Morgan fingerprint density at radius 1 is 1.32 bits per heavy atom. The van der Waals surface area contributed by atoms with Crippen molar-refractivity contribution >= 4 is 11.8 Å². The van der Waals surface area contributed by atoms with Crippen LogP contribution in [0.25, 0.3) is 6.08 Å². The smallest absolute Gasteiger partial charge is 0.276 e. The molecular weight excluding hydrogens is 240 g/mol. The summed E-state index contributed by atoms with van der Waals surface area (Å²) in [6.07, 6.45) is 8.00. The van der Waals surface area contributed by atoms with Crippen molar-refractivity contribution in [1.82, 2.24) is 0 Å². The summed E-state index contributed by atoms with van der Waals surface area (Å²) in [5.41, 5.74) is 7.81. The standard InChI is InChI=1S/C15H20N2O2/c16-11-14(12-6-2-1-3-7-12)10-13-8-4-5-9-15(13)17(18)19/h4-5,8-10,12H,1-3,6-7,11,16H2. The average molecular weight is 260 g/mol. The maximum absolute atomic E-state index is 11.0. The van der Waals surface area contributed by atoms with Gasteiger partial charge in [0, 0.05) is 12.6 Å². The largest absolute Gasteiger partial charge is 0.327 e. The Bertz CT molecular complexity index is 477. The lowest BCUT2D eigenvalue weighted by atomic mass is 9.83. The van der Waals surface area contributed by atoms with Gasteiger partial charge in [-0.25, -0.2) is 0 Å². The maximum atomic E-state index is 11.0. The van der Waals surface area contributed by atoms with E-state index in [0.717, 1.165) is 18.4 Å². The number of rotatable bonds is 4. The highest BCUT2D eigenvalue weighted by atomic mass is 16.6. The molecule has 0 radical (unpaired) electrons. The summed E-state index contributed by atoms with van der Waals surface area (Å²) in [7, 11) is 0. The van der Waals surface area contributed by atoms with Gasteiger partial charge in [-0.1, -0.05) is 37.0 Å². The first-order valence-corrected chi connectivity index (χ1v) is 6.86. The number of hydrogen-bond donors (Lipinski definition) is 1. The van der Waals surface area contributed by atoms with E-state index in [9.17, 15) is 10.1 Å². The summed E-state index contributed by atoms with van der Waals surface area (Å²) in [4.78, 5) is 10.7. The Balaban J connectivity index is 2.29. The molecule has 0 unspecified atom stereocenters. The van der Waals surface area contributed by atoms with E-state index in [1.165, 1.54) is 19.3 Å². The van der Waals surface area contributed by atoms with E-state index in [1.807, 2.05) is 12.1 Å². The molecule has 0 atom stereocenters. The van der Waals surface area contributed by atoms with Crippen LogP contribution in [0.1, 0.15) is 37.7 Å². The molecule has 102 valence electrons. The van der Waals surface area contributed by atoms with E-state index in [2.05, 4.69) is 0 Å². The van der Waals surface area contributed by atoms with Crippen molar-refractivity contribution in [2.45, 2.75) is 32.1 Å². The first kappa shape index (κ1) is 13.7. The molecule has 0 heterocycles. The van der Waals surface area contributed by atoms with Gasteiger partial charge in [0.25, 0.3) is 5.69 Å². The molecule has 0 aromatic heterocycles. The third-order valence-corrected chi connectivity index (χ3v) is 3.84. The molecule has 2 rings (SSSR count). The van der Waals surface area contributed by atoms with E-state index < -0.39 is 0 Å². The number of benzene rings is 1. The SMILES string of the molecule is NCC(=Cc1ccccc1[N+](=O)[O-])C1CCCCC1. The molecule has 1 aliphatic rings. The summed E-state index contributed by atoms with van der Waals surface area (Å²) >= 11 is 0. The van der Waals surface area contributed by atoms with Gasteiger partial charge in [0.1, 0.15) is 0 Å². The van der Waals surface area contributed by atoms with Crippen LogP contribution >= 0.6 is 0 Å². The first-order valence-electron chi connectivity index (χ1n) is 6.86. The lowest BCUT2D eigenvalue weighted by Crippen LogP contribution is -2.16. The van der Waals surface area contributed by atoms with E-state index in [4.69, 9.17) is 5.73 Å². The number of nitrogens with two attached hydrogens (primary N) is 1. The van der Waals surface area contributed by atoms with Crippen molar-refractivity contribution in [3.8, 4) is 0 Å². The molecule has 0 bridgehead atoms. The molecular formula is C15H20N2O2. The minimum Gasteiger partial charge on any atom is -0.327 e. The normalized spacial score (nSPS) is 17.4. The Labute approximate surface area is 113 Å². The van der Waals surface area contributed by atoms with E-state index >= 15 is 0 Å². The monoisotopic (exact) mass is 260 g/mol. The van der Waals surface area contributed by atoms with Crippen LogP contribution in [0, 0.1) is 16.0 Å². The van der Waals surface area contributed by atoms with Gasteiger partial charge < -0.3 is 5.73 Å². The highest BCUT2D eigenvalue weighted by Crippen LogP contribution is 2.31. The minimum absolute atomic E-state index is 0.157. The van der Waals surface area contributed by atoms with E-state index in [0.29, 0.717) is 18.0 Å². The molecule has 19 heavy (non-hydrogen) atoms. The second-order valence-corrected chi connectivity index (χ2v) is 5.07. The number of hydrogen-bond acceptors (Lipinski definition) is 3. The summed E-state index contributed by atoms with van der Waals surface area (Å²) in [6, 6.07) is 6.85. The topological polar surface area (TPSA) is 69.2 Å². The van der Waals surface area contributed by atoms with Gasteiger partial charge in [-0.3, -0.25) is 10.1 Å². The van der Waals surface area contributed by atoms with Crippen LogP contribution in [0.3, 0.4) is 0 Å². The number of para-hydroxylation sites is 1. The van der Waals surface area contributed by atoms with Crippen LogP contribution in [0.2, 0.25) is 0 Å². The second kappa shape index (κ2) is 6.48. The molecule has 1 aliphatic carbocycles. The van der Waals surface area contributed by atoms with Gasteiger partial charge in [0.15, 0.2) is 0 Å². The van der Waals surface area contributed by atoms with E-state index in [1.54, 1.807) is 18.2 Å². The van der Waals surface area contributed by atoms with Gasteiger partial charge >= 0.3 is 0 Å². The zero-order valence-electron chi connectivity index (χ0n) is 11.0. The fraction of sp³-hybridized carbons (Fsp3) is 0.467. The minimum atomic E-state index is -0.332. The third-order valence-electron chi connectivity index (χ3n) is 3.84. The molecule has 4 nitrogen and oxygen atoms in total. The van der Waals surface area contributed by atoms with Gasteiger partial charge in [-0.2, -0.15) is 0 Å². The number of nitrogens with zero attached hydrogens (tertiary/aromatic N) is 1.